The molecule has 8 heteroatoms. The lowest BCUT2D eigenvalue weighted by Gasteiger charge is -2.16. The number of carbonyl (C=O) groups excluding carboxylic acids is 1. The van der Waals surface area contributed by atoms with Crippen molar-refractivity contribution in [3.05, 3.63) is 47.8 Å². The van der Waals surface area contributed by atoms with E-state index in [-0.39, 0.29) is 6.54 Å². The van der Waals surface area contributed by atoms with Crippen LogP contribution in [0.5, 0.6) is 0 Å². The fourth-order valence-corrected chi connectivity index (χ4v) is 2.73. The largest absolute Gasteiger partial charge is 0.368 e. The van der Waals surface area contributed by atoms with Gasteiger partial charge in [-0.25, -0.2) is 18.7 Å². The molecule has 0 unspecified atom stereocenters. The molecule has 1 amide bonds. The molecule has 1 aliphatic heterocycles. The van der Waals surface area contributed by atoms with E-state index < -0.39 is 23.1 Å². The van der Waals surface area contributed by atoms with Crippen LogP contribution in [-0.4, -0.2) is 42.1 Å². The van der Waals surface area contributed by atoms with Crippen LogP contribution in [0.4, 0.5) is 20.4 Å². The van der Waals surface area contributed by atoms with E-state index in [4.69, 9.17) is 0 Å². The maximum Gasteiger partial charge on any atom is 0.257 e. The molecule has 2 N–H and O–H groups in total. The van der Waals surface area contributed by atoms with E-state index in [1.807, 2.05) is 6.07 Å². The van der Waals surface area contributed by atoms with Crippen LogP contribution in [0.1, 0.15) is 23.2 Å². The standard InChI is InChI=1S/C17H19F2N5O/c18-12-4-3-5-13(19)16(12)17(25)21-7-6-20-14-10-15(23-11-22-14)24-8-1-2-9-24/h3-5,10-11H,1-2,6-9H2,(H,21,25)(H,20,22,23). The Labute approximate surface area is 144 Å². The van der Waals surface area contributed by atoms with E-state index >= 15 is 0 Å². The van der Waals surface area contributed by atoms with E-state index in [2.05, 4.69) is 25.5 Å². The van der Waals surface area contributed by atoms with Crippen molar-refractivity contribution < 1.29 is 13.6 Å². The lowest BCUT2D eigenvalue weighted by atomic mass is 10.2. The van der Waals surface area contributed by atoms with Crippen LogP contribution in [-0.2, 0) is 0 Å². The van der Waals surface area contributed by atoms with Crippen LogP contribution < -0.4 is 15.5 Å². The van der Waals surface area contributed by atoms with Gasteiger partial charge >= 0.3 is 0 Å². The van der Waals surface area contributed by atoms with Gasteiger partial charge in [-0.15, -0.1) is 0 Å². The Morgan fingerprint density at radius 3 is 2.56 bits per heavy atom. The minimum atomic E-state index is -0.878. The second-order valence-corrected chi connectivity index (χ2v) is 5.73. The molecule has 0 bridgehead atoms. The summed E-state index contributed by atoms with van der Waals surface area (Å²) in [7, 11) is 0. The Balaban J connectivity index is 1.50. The Hall–Kier alpha value is -2.77. The van der Waals surface area contributed by atoms with Crippen molar-refractivity contribution in [3.8, 4) is 0 Å². The summed E-state index contributed by atoms with van der Waals surface area (Å²) < 4.78 is 27.1. The molecule has 0 atom stereocenters. The smallest absolute Gasteiger partial charge is 0.257 e. The third-order valence-electron chi connectivity index (χ3n) is 3.99. The molecule has 0 radical (unpaired) electrons. The van der Waals surface area contributed by atoms with E-state index in [1.165, 1.54) is 12.4 Å². The molecular formula is C17H19F2N5O. The number of benzene rings is 1. The molecule has 1 aliphatic rings. The average molecular weight is 347 g/mol. The van der Waals surface area contributed by atoms with Crippen LogP contribution in [0, 0.1) is 11.6 Å². The zero-order valence-electron chi connectivity index (χ0n) is 13.6. The predicted molar refractivity (Wildman–Crippen MR) is 90.7 cm³/mol. The zero-order chi connectivity index (χ0) is 17.6. The number of carbonyl (C=O) groups is 1. The molecule has 0 spiro atoms. The van der Waals surface area contributed by atoms with Gasteiger partial charge in [0.2, 0.25) is 0 Å². The number of halogens is 2. The molecule has 1 fully saturated rings. The number of anilines is 2. The van der Waals surface area contributed by atoms with Gasteiger partial charge in [0.05, 0.1) is 0 Å². The highest BCUT2D eigenvalue weighted by Crippen LogP contribution is 2.19. The topological polar surface area (TPSA) is 70.2 Å². The Kier molecular flexibility index (Phi) is 5.37. The predicted octanol–water partition coefficient (Wildman–Crippen LogP) is 2.20. The molecule has 25 heavy (non-hydrogen) atoms. The number of nitrogens with zero attached hydrogens (tertiary/aromatic N) is 3. The Bertz CT molecular complexity index is 729. The summed E-state index contributed by atoms with van der Waals surface area (Å²) in [5.74, 6) is -1.03. The summed E-state index contributed by atoms with van der Waals surface area (Å²) in [5.41, 5.74) is -0.569. The highest BCUT2D eigenvalue weighted by Gasteiger charge is 2.16. The summed E-state index contributed by atoms with van der Waals surface area (Å²) in [6.45, 7) is 2.55. The van der Waals surface area contributed by atoms with E-state index in [9.17, 15) is 13.6 Å². The van der Waals surface area contributed by atoms with Gasteiger partial charge in [0.25, 0.3) is 5.91 Å². The summed E-state index contributed by atoms with van der Waals surface area (Å²) in [4.78, 5) is 22.5. The first-order chi connectivity index (χ1) is 12.1. The first-order valence-electron chi connectivity index (χ1n) is 8.18. The number of nitrogens with one attached hydrogen (secondary N) is 2. The summed E-state index contributed by atoms with van der Waals surface area (Å²) in [6, 6.07) is 5.17. The first kappa shape index (κ1) is 17.1. The first-order valence-corrected chi connectivity index (χ1v) is 8.18. The van der Waals surface area contributed by atoms with Gasteiger partial charge in [0.1, 0.15) is 35.2 Å². The van der Waals surface area contributed by atoms with Crippen molar-refractivity contribution in [1.82, 2.24) is 15.3 Å². The number of amides is 1. The van der Waals surface area contributed by atoms with Crippen molar-refractivity contribution in [2.75, 3.05) is 36.4 Å². The highest BCUT2D eigenvalue weighted by molar-refractivity contribution is 5.94. The van der Waals surface area contributed by atoms with Gasteiger partial charge in [0.15, 0.2) is 0 Å². The van der Waals surface area contributed by atoms with Gasteiger partial charge in [-0.05, 0) is 25.0 Å². The van der Waals surface area contributed by atoms with Crippen LogP contribution >= 0.6 is 0 Å². The van der Waals surface area contributed by atoms with Crippen molar-refractivity contribution in [2.45, 2.75) is 12.8 Å². The van der Waals surface area contributed by atoms with Gasteiger partial charge < -0.3 is 15.5 Å². The number of hydrogen-bond donors (Lipinski definition) is 2. The van der Waals surface area contributed by atoms with Crippen molar-refractivity contribution in [1.29, 1.82) is 0 Å². The molecule has 2 aromatic rings. The van der Waals surface area contributed by atoms with Crippen molar-refractivity contribution in [3.63, 3.8) is 0 Å². The third-order valence-corrected chi connectivity index (χ3v) is 3.99. The molecule has 0 aliphatic carbocycles. The van der Waals surface area contributed by atoms with E-state index in [1.54, 1.807) is 0 Å². The molecule has 1 aromatic carbocycles. The van der Waals surface area contributed by atoms with Gasteiger partial charge in [0, 0.05) is 32.2 Å². The van der Waals surface area contributed by atoms with Crippen LogP contribution in [0.25, 0.3) is 0 Å². The van der Waals surface area contributed by atoms with Crippen LogP contribution in [0.15, 0.2) is 30.6 Å². The summed E-state index contributed by atoms with van der Waals surface area (Å²) >= 11 is 0. The summed E-state index contributed by atoms with van der Waals surface area (Å²) in [6.07, 6.45) is 3.81. The highest BCUT2D eigenvalue weighted by atomic mass is 19.1. The molecule has 3 rings (SSSR count). The second-order valence-electron chi connectivity index (χ2n) is 5.73. The number of hydrogen-bond acceptors (Lipinski definition) is 5. The SMILES string of the molecule is O=C(NCCNc1cc(N2CCCC2)ncn1)c1c(F)cccc1F. The zero-order valence-corrected chi connectivity index (χ0v) is 13.6. The fourth-order valence-electron chi connectivity index (χ4n) is 2.73. The van der Waals surface area contributed by atoms with Crippen molar-refractivity contribution in [2.24, 2.45) is 0 Å². The van der Waals surface area contributed by atoms with Crippen molar-refractivity contribution >= 4 is 17.5 Å². The number of rotatable bonds is 6. The third kappa shape index (κ3) is 4.20. The monoisotopic (exact) mass is 347 g/mol. The molecule has 0 saturated carbocycles. The Morgan fingerprint density at radius 2 is 1.84 bits per heavy atom. The van der Waals surface area contributed by atoms with E-state index in [0.717, 1.165) is 43.9 Å². The molecule has 1 aromatic heterocycles. The van der Waals surface area contributed by atoms with E-state index in [0.29, 0.717) is 12.4 Å². The molecule has 132 valence electrons. The summed E-state index contributed by atoms with van der Waals surface area (Å²) in [5, 5.41) is 5.55. The van der Waals surface area contributed by atoms with Gasteiger partial charge in [-0.2, -0.15) is 0 Å². The maximum absolute atomic E-state index is 13.5. The minimum absolute atomic E-state index is 0.204. The maximum atomic E-state index is 13.5. The fraction of sp³-hybridized carbons (Fsp3) is 0.353. The molecule has 2 heterocycles. The van der Waals surface area contributed by atoms with Crippen LogP contribution in [0.3, 0.4) is 0 Å². The molecular weight excluding hydrogens is 328 g/mol. The molecule has 1 saturated heterocycles. The van der Waals surface area contributed by atoms with Gasteiger partial charge in [-0.1, -0.05) is 6.07 Å². The lowest BCUT2D eigenvalue weighted by molar-refractivity contribution is 0.0946. The normalized spacial score (nSPS) is 13.8. The molecule has 6 nitrogen and oxygen atoms in total. The minimum Gasteiger partial charge on any atom is -0.368 e. The Morgan fingerprint density at radius 1 is 1.12 bits per heavy atom. The van der Waals surface area contributed by atoms with Gasteiger partial charge in [-0.3, -0.25) is 4.79 Å². The lowest BCUT2D eigenvalue weighted by Crippen LogP contribution is -2.30. The average Bonchev–Trinajstić information content (AvgIpc) is 3.13. The number of aromatic nitrogens is 2. The van der Waals surface area contributed by atoms with Crippen LogP contribution in [0.2, 0.25) is 0 Å². The quantitative estimate of drug-likeness (QED) is 0.784. The second kappa shape index (κ2) is 7.87.